The Morgan fingerprint density at radius 1 is 0.806 bits per heavy atom. The topological polar surface area (TPSA) is 75.6 Å². The molecule has 1 amide bonds. The number of hydrogen-bond acceptors (Lipinski definition) is 3. The molecule has 2 rings (SSSR count). The number of nitrogens with one attached hydrogen (secondary N) is 1. The highest BCUT2D eigenvalue weighted by Gasteiger charge is 2.15. The number of rotatable bonds is 15. The van der Waals surface area contributed by atoms with Gasteiger partial charge in [0.2, 0.25) is 0 Å². The summed E-state index contributed by atoms with van der Waals surface area (Å²) in [5, 5.41) is 12.0. The molecule has 0 fully saturated rings. The fourth-order valence-corrected chi connectivity index (χ4v) is 3.51. The van der Waals surface area contributed by atoms with Crippen LogP contribution in [0.4, 0.5) is 5.69 Å². The van der Waals surface area contributed by atoms with Gasteiger partial charge in [-0.05, 0) is 30.7 Å². The van der Waals surface area contributed by atoms with Crippen LogP contribution < -0.4 is 10.1 Å². The lowest BCUT2D eigenvalue weighted by Gasteiger charge is -2.10. The molecule has 0 spiro atoms. The van der Waals surface area contributed by atoms with Crippen molar-refractivity contribution in [3.63, 3.8) is 0 Å². The lowest BCUT2D eigenvalue weighted by molar-refractivity contribution is 0.0692. The van der Waals surface area contributed by atoms with E-state index in [1.165, 1.54) is 63.5 Å². The van der Waals surface area contributed by atoms with Crippen LogP contribution in [-0.2, 0) is 0 Å². The molecule has 0 aliphatic carbocycles. The number of amides is 1. The van der Waals surface area contributed by atoms with Crippen LogP contribution in [0.1, 0.15) is 91.8 Å². The van der Waals surface area contributed by atoms with Crippen molar-refractivity contribution in [2.75, 3.05) is 11.9 Å². The lowest BCUT2D eigenvalue weighted by Crippen LogP contribution is -2.16. The number of carboxylic acid groups (broad SMARTS) is 1. The van der Waals surface area contributed by atoms with Gasteiger partial charge in [-0.1, -0.05) is 82.9 Å². The van der Waals surface area contributed by atoms with Gasteiger partial charge in [0.1, 0.15) is 5.75 Å². The second-order valence-corrected chi connectivity index (χ2v) is 7.86. The average Bonchev–Trinajstić information content (AvgIpc) is 2.77. The number of carboxylic acids is 1. The third kappa shape index (κ3) is 9.24. The first-order chi connectivity index (χ1) is 15.1. The standard InChI is InChI=1S/C26H35NO4/c1-2-3-4-5-6-7-8-9-10-13-19-31-22-16-14-15-21(20-22)27-25(28)23-17-11-12-18-24(23)26(29)30/h11-12,14-18,20H,2-10,13,19H2,1H3,(H,27,28)(H,29,30). The van der Waals surface area contributed by atoms with Crippen LogP contribution in [0.25, 0.3) is 0 Å². The van der Waals surface area contributed by atoms with E-state index in [0.29, 0.717) is 18.0 Å². The fraction of sp³-hybridized carbons (Fsp3) is 0.462. The number of carbonyl (C=O) groups excluding carboxylic acids is 1. The third-order valence-corrected chi connectivity index (χ3v) is 5.26. The van der Waals surface area contributed by atoms with E-state index < -0.39 is 11.9 Å². The maximum absolute atomic E-state index is 12.5. The number of benzene rings is 2. The molecule has 0 radical (unpaired) electrons. The number of ether oxygens (including phenoxy) is 1. The second kappa shape index (κ2) is 14.2. The van der Waals surface area contributed by atoms with Gasteiger partial charge < -0.3 is 15.2 Å². The first kappa shape index (κ1) is 24.4. The van der Waals surface area contributed by atoms with Crippen molar-refractivity contribution in [1.29, 1.82) is 0 Å². The van der Waals surface area contributed by atoms with E-state index in [-0.39, 0.29) is 11.1 Å². The number of carbonyl (C=O) groups is 2. The van der Waals surface area contributed by atoms with E-state index in [9.17, 15) is 14.7 Å². The van der Waals surface area contributed by atoms with E-state index in [1.54, 1.807) is 24.3 Å². The zero-order chi connectivity index (χ0) is 22.3. The van der Waals surface area contributed by atoms with E-state index >= 15 is 0 Å². The lowest BCUT2D eigenvalue weighted by atomic mass is 10.1. The molecule has 0 saturated carbocycles. The smallest absolute Gasteiger partial charge is 0.336 e. The number of aromatic carboxylic acids is 1. The van der Waals surface area contributed by atoms with Crippen LogP contribution >= 0.6 is 0 Å². The zero-order valence-electron chi connectivity index (χ0n) is 18.6. The van der Waals surface area contributed by atoms with Crippen molar-refractivity contribution < 1.29 is 19.4 Å². The molecule has 168 valence electrons. The maximum atomic E-state index is 12.5. The van der Waals surface area contributed by atoms with Gasteiger partial charge in [0.15, 0.2) is 0 Å². The molecule has 5 heteroatoms. The number of unbranched alkanes of at least 4 members (excludes halogenated alkanes) is 9. The maximum Gasteiger partial charge on any atom is 0.336 e. The van der Waals surface area contributed by atoms with Crippen LogP contribution in [0, 0.1) is 0 Å². The Morgan fingerprint density at radius 3 is 2.06 bits per heavy atom. The highest BCUT2D eigenvalue weighted by atomic mass is 16.5. The largest absolute Gasteiger partial charge is 0.494 e. The third-order valence-electron chi connectivity index (χ3n) is 5.26. The monoisotopic (exact) mass is 425 g/mol. The molecule has 2 aromatic rings. The van der Waals surface area contributed by atoms with Crippen LogP contribution in [0.5, 0.6) is 5.75 Å². The average molecular weight is 426 g/mol. The van der Waals surface area contributed by atoms with Crippen molar-refractivity contribution in [3.05, 3.63) is 59.7 Å². The van der Waals surface area contributed by atoms with Crippen molar-refractivity contribution in [3.8, 4) is 5.75 Å². The molecule has 0 aliphatic rings. The summed E-state index contributed by atoms with van der Waals surface area (Å²) in [6.07, 6.45) is 12.8. The summed E-state index contributed by atoms with van der Waals surface area (Å²) in [4.78, 5) is 23.8. The van der Waals surface area contributed by atoms with E-state index in [1.807, 2.05) is 12.1 Å². The number of anilines is 1. The quantitative estimate of drug-likeness (QED) is 0.303. The summed E-state index contributed by atoms with van der Waals surface area (Å²) in [6.45, 7) is 2.89. The Hall–Kier alpha value is -2.82. The van der Waals surface area contributed by atoms with Gasteiger partial charge in [0.05, 0.1) is 17.7 Å². The Kier molecular flexibility index (Phi) is 11.2. The van der Waals surface area contributed by atoms with Gasteiger partial charge in [-0.25, -0.2) is 4.79 Å². The predicted octanol–water partition coefficient (Wildman–Crippen LogP) is 6.94. The van der Waals surface area contributed by atoms with Gasteiger partial charge in [-0.15, -0.1) is 0 Å². The van der Waals surface area contributed by atoms with Crippen LogP contribution in [0.2, 0.25) is 0 Å². The minimum Gasteiger partial charge on any atom is -0.494 e. The van der Waals surface area contributed by atoms with Crippen molar-refractivity contribution in [1.82, 2.24) is 0 Å². The molecule has 5 nitrogen and oxygen atoms in total. The molecule has 2 N–H and O–H groups in total. The molecule has 0 bridgehead atoms. The first-order valence-corrected chi connectivity index (χ1v) is 11.5. The fourth-order valence-electron chi connectivity index (χ4n) is 3.51. The van der Waals surface area contributed by atoms with Crippen molar-refractivity contribution >= 4 is 17.6 Å². The van der Waals surface area contributed by atoms with Gasteiger partial charge in [-0.3, -0.25) is 4.79 Å². The Balaban J connectivity index is 1.69. The zero-order valence-corrected chi connectivity index (χ0v) is 18.6. The summed E-state index contributed by atoms with van der Waals surface area (Å²) in [5.74, 6) is -0.885. The van der Waals surface area contributed by atoms with Crippen LogP contribution in [-0.4, -0.2) is 23.6 Å². The van der Waals surface area contributed by atoms with Gasteiger partial charge in [0.25, 0.3) is 5.91 Å². The molecule has 2 aromatic carbocycles. The second-order valence-electron chi connectivity index (χ2n) is 7.86. The molecule has 0 unspecified atom stereocenters. The van der Waals surface area contributed by atoms with Gasteiger partial charge in [0, 0.05) is 11.8 Å². The van der Waals surface area contributed by atoms with Crippen LogP contribution in [0.3, 0.4) is 0 Å². The highest BCUT2D eigenvalue weighted by molar-refractivity contribution is 6.10. The van der Waals surface area contributed by atoms with E-state index in [4.69, 9.17) is 4.74 Å². The summed E-state index contributed by atoms with van der Waals surface area (Å²) in [6, 6.07) is 13.4. The minimum absolute atomic E-state index is 0.0200. The Morgan fingerprint density at radius 2 is 1.42 bits per heavy atom. The van der Waals surface area contributed by atoms with Gasteiger partial charge in [-0.2, -0.15) is 0 Å². The minimum atomic E-state index is -1.13. The van der Waals surface area contributed by atoms with Crippen molar-refractivity contribution in [2.24, 2.45) is 0 Å². The highest BCUT2D eigenvalue weighted by Crippen LogP contribution is 2.20. The molecule has 0 atom stereocenters. The summed E-state index contributed by atoms with van der Waals surface area (Å²) >= 11 is 0. The summed E-state index contributed by atoms with van der Waals surface area (Å²) < 4.78 is 5.82. The Labute approximate surface area is 185 Å². The molecule has 0 heterocycles. The molecular weight excluding hydrogens is 390 g/mol. The summed E-state index contributed by atoms with van der Waals surface area (Å²) in [7, 11) is 0. The predicted molar refractivity (Wildman–Crippen MR) is 125 cm³/mol. The van der Waals surface area contributed by atoms with Crippen molar-refractivity contribution in [2.45, 2.75) is 71.1 Å². The Bertz CT molecular complexity index is 819. The van der Waals surface area contributed by atoms with Gasteiger partial charge >= 0.3 is 5.97 Å². The van der Waals surface area contributed by atoms with E-state index in [2.05, 4.69) is 12.2 Å². The SMILES string of the molecule is CCCCCCCCCCCCOc1cccc(NC(=O)c2ccccc2C(=O)O)c1. The van der Waals surface area contributed by atoms with Crippen LogP contribution in [0.15, 0.2) is 48.5 Å². The normalized spacial score (nSPS) is 10.6. The molecule has 31 heavy (non-hydrogen) atoms. The molecule has 0 saturated heterocycles. The van der Waals surface area contributed by atoms with E-state index in [0.717, 1.165) is 12.8 Å². The molecular formula is C26H35NO4. The molecule has 0 aromatic heterocycles. The first-order valence-electron chi connectivity index (χ1n) is 11.5. The molecule has 0 aliphatic heterocycles. The number of hydrogen-bond donors (Lipinski definition) is 2. The summed E-state index contributed by atoms with van der Waals surface area (Å²) in [5.41, 5.74) is 0.686.